The van der Waals surface area contributed by atoms with Gasteiger partial charge in [-0.25, -0.2) is 0 Å². The van der Waals surface area contributed by atoms with Gasteiger partial charge in [0, 0.05) is 32.6 Å². The van der Waals surface area contributed by atoms with Crippen molar-refractivity contribution in [2.24, 2.45) is 17.6 Å². The Morgan fingerprint density at radius 1 is 1.00 bits per heavy atom. The monoisotopic (exact) mass is 359 g/mol. The zero-order valence-electron chi connectivity index (χ0n) is 15.2. The van der Waals surface area contributed by atoms with Crippen molar-refractivity contribution in [1.82, 2.24) is 9.80 Å². The Morgan fingerprint density at radius 3 is 2.08 bits per heavy atom. The molecule has 2 amide bonds. The van der Waals surface area contributed by atoms with Gasteiger partial charge in [-0.1, -0.05) is 33.1 Å². The molecular formula is C18H34ClN3O2. The molecule has 1 saturated carbocycles. The molecule has 140 valence electrons. The van der Waals surface area contributed by atoms with E-state index in [1.54, 1.807) is 0 Å². The summed E-state index contributed by atoms with van der Waals surface area (Å²) in [7, 11) is 0. The molecule has 24 heavy (non-hydrogen) atoms. The SMILES string of the molecule is CC(C)C[C@H](N)C(=O)N1CCN(C(=O)CC2CCCCC2)CC1.Cl. The zero-order valence-corrected chi connectivity index (χ0v) is 16.0. The lowest BCUT2D eigenvalue weighted by Gasteiger charge is -2.37. The van der Waals surface area contributed by atoms with Crippen LogP contribution in [0.1, 0.15) is 58.8 Å². The molecule has 0 bridgehead atoms. The minimum atomic E-state index is -0.403. The van der Waals surface area contributed by atoms with Gasteiger partial charge in [0.15, 0.2) is 0 Å². The number of nitrogens with zero attached hydrogens (tertiary/aromatic N) is 2. The third-order valence-corrected chi connectivity index (χ3v) is 5.17. The summed E-state index contributed by atoms with van der Waals surface area (Å²) >= 11 is 0. The van der Waals surface area contributed by atoms with E-state index in [1.807, 2.05) is 9.80 Å². The van der Waals surface area contributed by atoms with Crippen molar-refractivity contribution < 1.29 is 9.59 Å². The van der Waals surface area contributed by atoms with Crippen molar-refractivity contribution in [2.75, 3.05) is 26.2 Å². The highest BCUT2D eigenvalue weighted by Crippen LogP contribution is 2.27. The molecule has 0 spiro atoms. The number of nitrogens with two attached hydrogens (primary N) is 1. The Labute approximate surface area is 152 Å². The van der Waals surface area contributed by atoms with Crippen LogP contribution in [0.15, 0.2) is 0 Å². The number of hydrogen-bond donors (Lipinski definition) is 1. The first-order chi connectivity index (χ1) is 11.0. The van der Waals surface area contributed by atoms with Crippen molar-refractivity contribution in [2.45, 2.75) is 64.8 Å². The highest BCUT2D eigenvalue weighted by molar-refractivity contribution is 5.85. The van der Waals surface area contributed by atoms with Crippen LogP contribution in [0.2, 0.25) is 0 Å². The van der Waals surface area contributed by atoms with Gasteiger partial charge in [-0.15, -0.1) is 12.4 Å². The van der Waals surface area contributed by atoms with Gasteiger partial charge in [-0.3, -0.25) is 9.59 Å². The first-order valence-electron chi connectivity index (χ1n) is 9.29. The maximum Gasteiger partial charge on any atom is 0.239 e. The first-order valence-corrected chi connectivity index (χ1v) is 9.29. The maximum absolute atomic E-state index is 12.4. The number of amides is 2. The highest BCUT2D eigenvalue weighted by atomic mass is 35.5. The lowest BCUT2D eigenvalue weighted by molar-refractivity contribution is -0.141. The van der Waals surface area contributed by atoms with Crippen molar-refractivity contribution in [3.05, 3.63) is 0 Å². The third kappa shape index (κ3) is 6.25. The van der Waals surface area contributed by atoms with E-state index in [9.17, 15) is 9.59 Å². The Bertz CT molecular complexity index is 403. The van der Waals surface area contributed by atoms with E-state index in [0.717, 1.165) is 6.42 Å². The molecule has 2 fully saturated rings. The predicted molar refractivity (Wildman–Crippen MR) is 99.0 cm³/mol. The number of piperazine rings is 1. The van der Waals surface area contributed by atoms with E-state index >= 15 is 0 Å². The van der Waals surface area contributed by atoms with Crippen LogP contribution in [0.3, 0.4) is 0 Å². The average Bonchev–Trinajstić information content (AvgIpc) is 2.54. The van der Waals surface area contributed by atoms with Gasteiger partial charge in [0.1, 0.15) is 0 Å². The third-order valence-electron chi connectivity index (χ3n) is 5.17. The molecular weight excluding hydrogens is 326 g/mol. The van der Waals surface area contributed by atoms with Crippen LogP contribution in [0.4, 0.5) is 0 Å². The van der Waals surface area contributed by atoms with E-state index in [-0.39, 0.29) is 24.2 Å². The average molecular weight is 360 g/mol. The van der Waals surface area contributed by atoms with E-state index in [0.29, 0.717) is 44.4 Å². The standard InChI is InChI=1S/C18H33N3O2.ClH/c1-14(2)12-16(19)18(23)21-10-8-20(9-11-21)17(22)13-15-6-4-3-5-7-15;/h14-16H,3-13,19H2,1-2H3;1H/t16-;/m0./s1. The Hall–Kier alpha value is -0.810. The molecule has 2 N–H and O–H groups in total. The summed E-state index contributed by atoms with van der Waals surface area (Å²) in [5.74, 6) is 1.32. The summed E-state index contributed by atoms with van der Waals surface area (Å²) in [5, 5.41) is 0. The van der Waals surface area contributed by atoms with Crippen LogP contribution < -0.4 is 5.73 Å². The summed E-state index contributed by atoms with van der Waals surface area (Å²) < 4.78 is 0. The van der Waals surface area contributed by atoms with Crippen LogP contribution in [0.25, 0.3) is 0 Å². The zero-order chi connectivity index (χ0) is 16.8. The van der Waals surface area contributed by atoms with Crippen LogP contribution in [-0.4, -0.2) is 53.8 Å². The first kappa shape index (κ1) is 21.2. The molecule has 1 heterocycles. The van der Waals surface area contributed by atoms with Crippen molar-refractivity contribution in [3.63, 3.8) is 0 Å². The number of hydrogen-bond acceptors (Lipinski definition) is 3. The molecule has 2 aliphatic rings. The minimum Gasteiger partial charge on any atom is -0.339 e. The van der Waals surface area contributed by atoms with E-state index in [1.165, 1.54) is 32.1 Å². The second-order valence-corrected chi connectivity index (χ2v) is 7.65. The summed E-state index contributed by atoms with van der Waals surface area (Å²) in [6, 6.07) is -0.403. The number of halogens is 1. The van der Waals surface area contributed by atoms with Gasteiger partial charge >= 0.3 is 0 Å². The second kappa shape index (κ2) is 10.2. The largest absolute Gasteiger partial charge is 0.339 e. The van der Waals surface area contributed by atoms with Crippen molar-refractivity contribution in [3.8, 4) is 0 Å². The number of carbonyl (C=O) groups is 2. The van der Waals surface area contributed by atoms with E-state index in [2.05, 4.69) is 13.8 Å². The molecule has 1 atom stereocenters. The number of rotatable bonds is 5. The fourth-order valence-corrected chi connectivity index (χ4v) is 3.79. The fourth-order valence-electron chi connectivity index (χ4n) is 3.79. The Morgan fingerprint density at radius 2 is 1.54 bits per heavy atom. The molecule has 1 aliphatic carbocycles. The van der Waals surface area contributed by atoms with Gasteiger partial charge < -0.3 is 15.5 Å². The lowest BCUT2D eigenvalue weighted by atomic mass is 9.86. The van der Waals surface area contributed by atoms with E-state index < -0.39 is 6.04 Å². The lowest BCUT2D eigenvalue weighted by Crippen LogP contribution is -2.54. The van der Waals surface area contributed by atoms with Gasteiger partial charge in [0.25, 0.3) is 0 Å². The van der Waals surface area contributed by atoms with Crippen LogP contribution >= 0.6 is 12.4 Å². The molecule has 0 aromatic heterocycles. The van der Waals surface area contributed by atoms with Crippen molar-refractivity contribution >= 4 is 24.2 Å². The molecule has 0 radical (unpaired) electrons. The smallest absolute Gasteiger partial charge is 0.239 e. The normalized spacial score (nSPS) is 20.7. The molecule has 0 aromatic carbocycles. The highest BCUT2D eigenvalue weighted by Gasteiger charge is 2.28. The van der Waals surface area contributed by atoms with Gasteiger partial charge in [-0.2, -0.15) is 0 Å². The fraction of sp³-hybridized carbons (Fsp3) is 0.889. The Kier molecular flexibility index (Phi) is 9.06. The molecule has 2 rings (SSSR count). The number of carbonyl (C=O) groups excluding carboxylic acids is 2. The molecule has 0 aromatic rings. The van der Waals surface area contributed by atoms with Crippen LogP contribution in [0.5, 0.6) is 0 Å². The summed E-state index contributed by atoms with van der Waals surface area (Å²) in [4.78, 5) is 28.5. The van der Waals surface area contributed by atoms with Crippen LogP contribution in [-0.2, 0) is 9.59 Å². The van der Waals surface area contributed by atoms with Gasteiger partial charge in [-0.05, 0) is 31.1 Å². The topological polar surface area (TPSA) is 66.6 Å². The summed E-state index contributed by atoms with van der Waals surface area (Å²) in [6.07, 6.45) is 7.69. The quantitative estimate of drug-likeness (QED) is 0.819. The predicted octanol–water partition coefficient (Wildman–Crippen LogP) is 2.42. The molecule has 5 nitrogen and oxygen atoms in total. The van der Waals surface area contributed by atoms with Gasteiger partial charge in [0.05, 0.1) is 6.04 Å². The van der Waals surface area contributed by atoms with Crippen molar-refractivity contribution in [1.29, 1.82) is 0 Å². The molecule has 1 saturated heterocycles. The molecule has 0 unspecified atom stereocenters. The summed E-state index contributed by atoms with van der Waals surface area (Å²) in [5.41, 5.74) is 6.00. The van der Waals surface area contributed by atoms with Crippen LogP contribution in [0, 0.1) is 11.8 Å². The minimum absolute atomic E-state index is 0. The second-order valence-electron chi connectivity index (χ2n) is 7.65. The summed E-state index contributed by atoms with van der Waals surface area (Å²) in [6.45, 7) is 6.73. The maximum atomic E-state index is 12.4. The molecule has 6 heteroatoms. The Balaban J connectivity index is 0.00000288. The van der Waals surface area contributed by atoms with Gasteiger partial charge in [0.2, 0.25) is 11.8 Å². The van der Waals surface area contributed by atoms with E-state index in [4.69, 9.17) is 5.73 Å². The molecule has 1 aliphatic heterocycles.